The molecule has 3 rings (SSSR count). The molecule has 0 spiro atoms. The lowest BCUT2D eigenvalue weighted by Crippen LogP contribution is -2.25. The van der Waals surface area contributed by atoms with Gasteiger partial charge in [-0.2, -0.15) is 0 Å². The van der Waals surface area contributed by atoms with Gasteiger partial charge < -0.3 is 5.32 Å². The maximum Gasteiger partial charge on any atom is 0.269 e. The SMILES string of the molecule is O=C(NCCc1nc(-c2ccc([N+](=O)[O-])cc2)cs1)c1ccccc1Cl. The molecule has 0 radical (unpaired) electrons. The van der Waals surface area contributed by atoms with Crippen LogP contribution in [-0.2, 0) is 6.42 Å². The quantitative estimate of drug-likeness (QED) is 0.503. The van der Waals surface area contributed by atoms with Gasteiger partial charge in [-0.25, -0.2) is 4.98 Å². The molecule has 0 atom stereocenters. The molecule has 0 saturated carbocycles. The standard InChI is InChI=1S/C18H14ClN3O3S/c19-15-4-2-1-3-14(15)18(23)20-10-9-17-21-16(11-26-17)12-5-7-13(8-6-12)22(24)25/h1-8,11H,9-10H2,(H,20,23). The molecular weight excluding hydrogens is 374 g/mol. The van der Waals surface area contributed by atoms with Gasteiger partial charge in [0.25, 0.3) is 11.6 Å². The first-order chi connectivity index (χ1) is 12.5. The molecule has 0 aliphatic heterocycles. The van der Waals surface area contributed by atoms with Crippen molar-refractivity contribution in [3.63, 3.8) is 0 Å². The summed E-state index contributed by atoms with van der Waals surface area (Å²) >= 11 is 7.49. The van der Waals surface area contributed by atoms with E-state index in [4.69, 9.17) is 11.6 Å². The van der Waals surface area contributed by atoms with E-state index in [1.807, 2.05) is 5.38 Å². The molecule has 26 heavy (non-hydrogen) atoms. The molecule has 1 N–H and O–H groups in total. The van der Waals surface area contributed by atoms with Gasteiger partial charge in [-0.15, -0.1) is 11.3 Å². The van der Waals surface area contributed by atoms with Crippen molar-refractivity contribution < 1.29 is 9.72 Å². The van der Waals surface area contributed by atoms with Crippen LogP contribution in [0.25, 0.3) is 11.3 Å². The molecule has 1 amide bonds. The minimum atomic E-state index is -0.433. The first kappa shape index (κ1) is 18.0. The summed E-state index contributed by atoms with van der Waals surface area (Å²) in [5.74, 6) is -0.220. The van der Waals surface area contributed by atoms with Crippen LogP contribution in [0.15, 0.2) is 53.9 Å². The normalized spacial score (nSPS) is 10.5. The maximum absolute atomic E-state index is 12.1. The number of halogens is 1. The van der Waals surface area contributed by atoms with E-state index < -0.39 is 4.92 Å². The first-order valence-electron chi connectivity index (χ1n) is 7.76. The van der Waals surface area contributed by atoms with Crippen molar-refractivity contribution in [1.82, 2.24) is 10.3 Å². The summed E-state index contributed by atoms with van der Waals surface area (Å²) < 4.78 is 0. The van der Waals surface area contributed by atoms with Gasteiger partial charge in [0.05, 0.1) is 26.2 Å². The van der Waals surface area contributed by atoms with E-state index in [-0.39, 0.29) is 11.6 Å². The molecular formula is C18H14ClN3O3S. The third-order valence-electron chi connectivity index (χ3n) is 3.67. The molecule has 0 aliphatic carbocycles. The summed E-state index contributed by atoms with van der Waals surface area (Å²) in [6.07, 6.45) is 0.591. The van der Waals surface area contributed by atoms with Gasteiger partial charge in [-0.05, 0) is 24.3 Å². The molecule has 1 heterocycles. The lowest BCUT2D eigenvalue weighted by atomic mass is 10.1. The fraction of sp³-hybridized carbons (Fsp3) is 0.111. The molecule has 1 aromatic heterocycles. The van der Waals surface area contributed by atoms with E-state index in [0.717, 1.165) is 16.3 Å². The van der Waals surface area contributed by atoms with E-state index in [1.165, 1.54) is 23.5 Å². The Hall–Kier alpha value is -2.77. The molecule has 0 fully saturated rings. The number of aromatic nitrogens is 1. The molecule has 0 bridgehead atoms. The Labute approximate surface area is 158 Å². The zero-order valence-corrected chi connectivity index (χ0v) is 15.1. The number of benzene rings is 2. The van der Waals surface area contributed by atoms with Crippen LogP contribution in [0.3, 0.4) is 0 Å². The smallest absolute Gasteiger partial charge is 0.269 e. The number of carbonyl (C=O) groups excluding carboxylic acids is 1. The number of carbonyl (C=O) groups is 1. The van der Waals surface area contributed by atoms with E-state index in [9.17, 15) is 14.9 Å². The van der Waals surface area contributed by atoms with Crippen LogP contribution in [0.1, 0.15) is 15.4 Å². The van der Waals surface area contributed by atoms with Crippen molar-refractivity contribution in [3.8, 4) is 11.3 Å². The van der Waals surface area contributed by atoms with Crippen LogP contribution >= 0.6 is 22.9 Å². The second-order valence-corrected chi connectivity index (χ2v) is 6.77. The lowest BCUT2D eigenvalue weighted by Gasteiger charge is -2.05. The van der Waals surface area contributed by atoms with Gasteiger partial charge in [-0.3, -0.25) is 14.9 Å². The molecule has 0 saturated heterocycles. The zero-order chi connectivity index (χ0) is 18.5. The number of nitro benzene ring substituents is 1. The van der Waals surface area contributed by atoms with Crippen molar-refractivity contribution in [2.75, 3.05) is 6.54 Å². The lowest BCUT2D eigenvalue weighted by molar-refractivity contribution is -0.384. The topological polar surface area (TPSA) is 85.1 Å². The second-order valence-electron chi connectivity index (χ2n) is 5.42. The van der Waals surface area contributed by atoms with Crippen LogP contribution in [0, 0.1) is 10.1 Å². The number of nitrogens with one attached hydrogen (secondary N) is 1. The Kier molecular flexibility index (Phi) is 5.60. The highest BCUT2D eigenvalue weighted by molar-refractivity contribution is 7.09. The number of thiazole rings is 1. The van der Waals surface area contributed by atoms with Gasteiger partial charge in [0.2, 0.25) is 0 Å². The monoisotopic (exact) mass is 387 g/mol. The van der Waals surface area contributed by atoms with E-state index in [0.29, 0.717) is 23.6 Å². The van der Waals surface area contributed by atoms with Crippen molar-refractivity contribution in [3.05, 3.63) is 79.6 Å². The summed E-state index contributed by atoms with van der Waals surface area (Å²) in [4.78, 5) is 26.9. The number of rotatable bonds is 6. The van der Waals surface area contributed by atoms with Gasteiger partial charge in [0.1, 0.15) is 0 Å². The van der Waals surface area contributed by atoms with Crippen LogP contribution in [0.2, 0.25) is 5.02 Å². The number of non-ortho nitro benzene ring substituents is 1. The van der Waals surface area contributed by atoms with Gasteiger partial charge in [0.15, 0.2) is 0 Å². The summed E-state index contributed by atoms with van der Waals surface area (Å²) in [7, 11) is 0. The summed E-state index contributed by atoms with van der Waals surface area (Å²) in [6, 6.07) is 13.1. The predicted octanol–water partition coefficient (Wildman–Crippen LogP) is 4.34. The maximum atomic E-state index is 12.1. The Balaban J connectivity index is 1.58. The van der Waals surface area contributed by atoms with Crippen molar-refractivity contribution in [2.45, 2.75) is 6.42 Å². The van der Waals surface area contributed by atoms with Crippen LogP contribution in [-0.4, -0.2) is 22.4 Å². The highest BCUT2D eigenvalue weighted by Crippen LogP contribution is 2.24. The number of hydrogen-bond acceptors (Lipinski definition) is 5. The van der Waals surface area contributed by atoms with Gasteiger partial charge in [0, 0.05) is 36.0 Å². The first-order valence-corrected chi connectivity index (χ1v) is 9.02. The molecule has 8 heteroatoms. The van der Waals surface area contributed by atoms with Gasteiger partial charge >= 0.3 is 0 Å². The fourth-order valence-corrected chi connectivity index (χ4v) is 3.36. The van der Waals surface area contributed by atoms with Gasteiger partial charge in [-0.1, -0.05) is 23.7 Å². The largest absolute Gasteiger partial charge is 0.352 e. The Morgan fingerprint density at radius 2 is 1.92 bits per heavy atom. The minimum Gasteiger partial charge on any atom is -0.352 e. The summed E-state index contributed by atoms with van der Waals surface area (Å²) in [5, 5.41) is 16.7. The third-order valence-corrected chi connectivity index (χ3v) is 4.91. The Bertz CT molecular complexity index is 941. The average molecular weight is 388 g/mol. The average Bonchev–Trinajstić information content (AvgIpc) is 3.11. The van der Waals surface area contributed by atoms with E-state index in [2.05, 4.69) is 10.3 Å². The van der Waals surface area contributed by atoms with Crippen LogP contribution in [0.4, 0.5) is 5.69 Å². The van der Waals surface area contributed by atoms with Crippen LogP contribution < -0.4 is 5.32 Å². The Morgan fingerprint density at radius 3 is 2.62 bits per heavy atom. The number of amides is 1. The van der Waals surface area contributed by atoms with Crippen molar-refractivity contribution >= 4 is 34.5 Å². The second kappa shape index (κ2) is 8.07. The minimum absolute atomic E-state index is 0.0477. The zero-order valence-electron chi connectivity index (χ0n) is 13.5. The van der Waals surface area contributed by atoms with E-state index in [1.54, 1.807) is 36.4 Å². The molecule has 6 nitrogen and oxygen atoms in total. The fourth-order valence-electron chi connectivity index (χ4n) is 2.34. The molecule has 2 aromatic carbocycles. The van der Waals surface area contributed by atoms with Crippen molar-refractivity contribution in [1.29, 1.82) is 0 Å². The number of nitro groups is 1. The highest BCUT2D eigenvalue weighted by Gasteiger charge is 2.11. The summed E-state index contributed by atoms with van der Waals surface area (Å²) in [5.41, 5.74) is 2.07. The number of nitrogens with zero attached hydrogens (tertiary/aromatic N) is 2. The number of hydrogen-bond donors (Lipinski definition) is 1. The molecule has 3 aromatic rings. The third kappa shape index (κ3) is 4.25. The van der Waals surface area contributed by atoms with Crippen LogP contribution in [0.5, 0.6) is 0 Å². The summed E-state index contributed by atoms with van der Waals surface area (Å²) in [6.45, 7) is 0.442. The van der Waals surface area contributed by atoms with Crippen molar-refractivity contribution in [2.24, 2.45) is 0 Å². The molecule has 0 unspecified atom stereocenters. The van der Waals surface area contributed by atoms with E-state index >= 15 is 0 Å². The molecule has 132 valence electrons. The Morgan fingerprint density at radius 1 is 1.19 bits per heavy atom. The molecule has 0 aliphatic rings. The predicted molar refractivity (Wildman–Crippen MR) is 102 cm³/mol. The highest BCUT2D eigenvalue weighted by atomic mass is 35.5.